The zero-order chi connectivity index (χ0) is 12.1. The Bertz CT molecular complexity index is 289. The van der Waals surface area contributed by atoms with Crippen molar-refractivity contribution in [3.05, 3.63) is 0 Å². The molecule has 17 heavy (non-hydrogen) atoms. The molecule has 0 aromatic heterocycles. The molecule has 2 nitrogen and oxygen atoms in total. The maximum absolute atomic E-state index is 3.91. The zero-order valence-corrected chi connectivity index (χ0v) is 11.8. The molecule has 3 fully saturated rings. The number of rotatable bonds is 2. The molecular formula is C15H28N2. The summed E-state index contributed by atoms with van der Waals surface area (Å²) in [6.07, 6.45) is 8.52. The van der Waals surface area contributed by atoms with E-state index in [-0.39, 0.29) is 0 Å². The minimum absolute atomic E-state index is 0.491. The molecule has 3 unspecified atom stereocenters. The van der Waals surface area contributed by atoms with Gasteiger partial charge in [0.25, 0.3) is 0 Å². The van der Waals surface area contributed by atoms with Gasteiger partial charge in [0.05, 0.1) is 0 Å². The van der Waals surface area contributed by atoms with Crippen molar-refractivity contribution in [3.63, 3.8) is 0 Å². The van der Waals surface area contributed by atoms with Gasteiger partial charge in [-0.15, -0.1) is 0 Å². The van der Waals surface area contributed by atoms with Crippen LogP contribution in [-0.4, -0.2) is 24.1 Å². The smallest absolute Gasteiger partial charge is 0.0322 e. The second-order valence-corrected chi connectivity index (χ2v) is 7.52. The summed E-state index contributed by atoms with van der Waals surface area (Å²) in [7, 11) is 0. The fourth-order valence-corrected chi connectivity index (χ4v) is 4.83. The lowest BCUT2D eigenvalue weighted by molar-refractivity contribution is 0.0217. The van der Waals surface area contributed by atoms with E-state index in [0.29, 0.717) is 16.9 Å². The normalized spacial score (nSPS) is 45.4. The van der Waals surface area contributed by atoms with Crippen LogP contribution < -0.4 is 5.43 Å². The minimum Gasteiger partial charge on any atom is -0.251 e. The summed E-state index contributed by atoms with van der Waals surface area (Å²) in [5.41, 5.74) is 4.96. The fourth-order valence-electron chi connectivity index (χ4n) is 4.83. The van der Waals surface area contributed by atoms with Gasteiger partial charge in [-0.05, 0) is 48.9 Å². The lowest BCUT2D eigenvalue weighted by Crippen LogP contribution is -2.57. The third kappa shape index (κ3) is 1.84. The van der Waals surface area contributed by atoms with Crippen molar-refractivity contribution in [3.8, 4) is 0 Å². The average Bonchev–Trinajstić information content (AvgIpc) is 2.77. The molecule has 2 saturated carbocycles. The van der Waals surface area contributed by atoms with Gasteiger partial charge in [0, 0.05) is 19.1 Å². The lowest BCUT2D eigenvalue weighted by Gasteiger charge is -2.46. The highest BCUT2D eigenvalue weighted by Crippen LogP contribution is 2.62. The molecule has 2 heteroatoms. The van der Waals surface area contributed by atoms with Crippen LogP contribution in [0.15, 0.2) is 0 Å². The first-order valence-corrected chi connectivity index (χ1v) is 7.53. The second kappa shape index (κ2) is 3.96. The summed E-state index contributed by atoms with van der Waals surface area (Å²) in [4.78, 5) is 0. The highest BCUT2D eigenvalue weighted by molar-refractivity contribution is 5.11. The molecule has 1 aliphatic heterocycles. The molecule has 0 amide bonds. The first kappa shape index (κ1) is 12.0. The van der Waals surface area contributed by atoms with Gasteiger partial charge in [-0.2, -0.15) is 0 Å². The van der Waals surface area contributed by atoms with Crippen molar-refractivity contribution < 1.29 is 0 Å². The van der Waals surface area contributed by atoms with E-state index in [1.807, 2.05) is 0 Å². The number of hydrazine groups is 1. The molecular weight excluding hydrogens is 208 g/mol. The van der Waals surface area contributed by atoms with Crippen LogP contribution >= 0.6 is 0 Å². The molecule has 0 radical (unpaired) electrons. The van der Waals surface area contributed by atoms with Crippen LogP contribution in [-0.2, 0) is 0 Å². The fraction of sp³-hybridized carbons (Fsp3) is 1.00. The van der Waals surface area contributed by atoms with E-state index in [0.717, 1.165) is 5.92 Å². The van der Waals surface area contributed by atoms with E-state index in [9.17, 15) is 0 Å². The van der Waals surface area contributed by atoms with Crippen LogP contribution in [0.3, 0.4) is 0 Å². The number of fused-ring (bicyclic) bond motifs is 2. The van der Waals surface area contributed by atoms with Gasteiger partial charge in [0.2, 0.25) is 0 Å². The number of piperidine rings is 1. The molecule has 0 aromatic carbocycles. The van der Waals surface area contributed by atoms with Crippen LogP contribution in [0.2, 0.25) is 0 Å². The van der Waals surface area contributed by atoms with E-state index in [1.165, 1.54) is 51.6 Å². The summed E-state index contributed by atoms with van der Waals surface area (Å²) in [6, 6.07) is 0.701. The standard InChI is InChI=1S/C15H28N2/c1-14(2)12-7-8-15(3,11-12)13(14)16-17-9-5-4-6-10-17/h12-13,16H,4-11H2,1-3H3. The predicted octanol–water partition coefficient (Wildman–Crippen LogP) is 3.19. The van der Waals surface area contributed by atoms with Gasteiger partial charge in [-0.1, -0.05) is 27.2 Å². The zero-order valence-electron chi connectivity index (χ0n) is 11.8. The van der Waals surface area contributed by atoms with Crippen molar-refractivity contribution in [2.45, 2.75) is 65.3 Å². The van der Waals surface area contributed by atoms with E-state index in [2.05, 4.69) is 31.2 Å². The highest BCUT2D eigenvalue weighted by Gasteiger charge is 2.59. The molecule has 1 saturated heterocycles. The number of nitrogens with one attached hydrogen (secondary N) is 1. The molecule has 98 valence electrons. The van der Waals surface area contributed by atoms with Gasteiger partial charge in [0.1, 0.15) is 0 Å². The summed E-state index contributed by atoms with van der Waals surface area (Å²) in [6.45, 7) is 10.0. The third-order valence-electron chi connectivity index (χ3n) is 5.94. The monoisotopic (exact) mass is 236 g/mol. The van der Waals surface area contributed by atoms with Crippen LogP contribution in [0.4, 0.5) is 0 Å². The predicted molar refractivity (Wildman–Crippen MR) is 71.6 cm³/mol. The molecule has 1 heterocycles. The number of hydrogen-bond donors (Lipinski definition) is 1. The van der Waals surface area contributed by atoms with Crippen LogP contribution in [0, 0.1) is 16.7 Å². The Kier molecular flexibility index (Phi) is 2.79. The largest absolute Gasteiger partial charge is 0.251 e. The van der Waals surface area contributed by atoms with E-state index in [4.69, 9.17) is 0 Å². The van der Waals surface area contributed by atoms with Crippen LogP contribution in [0.5, 0.6) is 0 Å². The van der Waals surface area contributed by atoms with E-state index < -0.39 is 0 Å². The Hall–Kier alpha value is -0.0800. The third-order valence-corrected chi connectivity index (χ3v) is 5.94. The number of nitrogens with zero attached hydrogens (tertiary/aromatic N) is 1. The quantitative estimate of drug-likeness (QED) is 0.792. The molecule has 3 aliphatic rings. The average molecular weight is 236 g/mol. The maximum atomic E-state index is 3.91. The van der Waals surface area contributed by atoms with Crippen molar-refractivity contribution in [1.29, 1.82) is 0 Å². The van der Waals surface area contributed by atoms with Gasteiger partial charge < -0.3 is 0 Å². The Labute approximate surface area is 106 Å². The molecule has 1 N–H and O–H groups in total. The lowest BCUT2D eigenvalue weighted by atomic mass is 9.68. The summed E-state index contributed by atoms with van der Waals surface area (Å²) in [5, 5.41) is 2.52. The topological polar surface area (TPSA) is 15.3 Å². The molecule has 0 spiro atoms. The van der Waals surface area contributed by atoms with Gasteiger partial charge in [-0.3, -0.25) is 5.43 Å². The molecule has 3 rings (SSSR count). The second-order valence-electron chi connectivity index (χ2n) is 7.52. The van der Waals surface area contributed by atoms with Gasteiger partial charge >= 0.3 is 0 Å². The Morgan fingerprint density at radius 1 is 1.06 bits per heavy atom. The summed E-state index contributed by atoms with van der Waals surface area (Å²) in [5.74, 6) is 0.954. The van der Waals surface area contributed by atoms with Crippen molar-refractivity contribution in [2.24, 2.45) is 16.7 Å². The van der Waals surface area contributed by atoms with Gasteiger partial charge in [0.15, 0.2) is 0 Å². The Morgan fingerprint density at radius 2 is 1.76 bits per heavy atom. The maximum Gasteiger partial charge on any atom is 0.0322 e. The van der Waals surface area contributed by atoms with Crippen LogP contribution in [0.25, 0.3) is 0 Å². The van der Waals surface area contributed by atoms with Crippen LogP contribution in [0.1, 0.15) is 59.3 Å². The van der Waals surface area contributed by atoms with Crippen molar-refractivity contribution in [1.82, 2.24) is 10.4 Å². The summed E-state index contributed by atoms with van der Waals surface area (Å²) < 4.78 is 0. The summed E-state index contributed by atoms with van der Waals surface area (Å²) >= 11 is 0. The minimum atomic E-state index is 0.491. The molecule has 2 bridgehead atoms. The molecule has 3 atom stereocenters. The molecule has 0 aromatic rings. The molecule has 2 aliphatic carbocycles. The SMILES string of the molecule is CC12CCC(C1)C(C)(C)C2NN1CCCCC1. The first-order chi connectivity index (χ1) is 8.02. The Morgan fingerprint density at radius 3 is 2.35 bits per heavy atom. The Balaban J connectivity index is 1.73. The van der Waals surface area contributed by atoms with Crippen molar-refractivity contribution in [2.75, 3.05) is 13.1 Å². The van der Waals surface area contributed by atoms with E-state index >= 15 is 0 Å². The van der Waals surface area contributed by atoms with E-state index in [1.54, 1.807) is 0 Å². The highest BCUT2D eigenvalue weighted by atomic mass is 15.5. The van der Waals surface area contributed by atoms with Crippen molar-refractivity contribution >= 4 is 0 Å². The van der Waals surface area contributed by atoms with Gasteiger partial charge in [-0.25, -0.2) is 5.01 Å². The number of hydrogen-bond acceptors (Lipinski definition) is 2. The first-order valence-electron chi connectivity index (χ1n) is 7.53.